The number of allylic oxidation sites excluding steroid dienone is 1. The summed E-state index contributed by atoms with van der Waals surface area (Å²) in [7, 11) is 3.42. The third-order valence-electron chi connectivity index (χ3n) is 4.20. The minimum atomic E-state index is -0.0203. The van der Waals surface area contributed by atoms with Gasteiger partial charge in [0.25, 0.3) is 5.56 Å². The first-order valence-corrected chi connectivity index (χ1v) is 7.18. The topological polar surface area (TPSA) is 40.5 Å². The van der Waals surface area contributed by atoms with E-state index in [1.54, 1.807) is 18.7 Å². The van der Waals surface area contributed by atoms with Crippen LogP contribution in [0.3, 0.4) is 0 Å². The van der Waals surface area contributed by atoms with Crippen molar-refractivity contribution in [2.75, 3.05) is 7.11 Å². The highest BCUT2D eigenvalue weighted by atomic mass is 16.5. The van der Waals surface area contributed by atoms with Crippen LogP contribution >= 0.6 is 0 Å². The van der Waals surface area contributed by atoms with Crippen LogP contribution in [-0.4, -0.2) is 11.7 Å². The average molecular weight is 297 g/mol. The van der Waals surface area contributed by atoms with E-state index in [-0.39, 0.29) is 5.56 Å². The van der Waals surface area contributed by atoms with E-state index in [1.165, 1.54) is 0 Å². The van der Waals surface area contributed by atoms with Crippen molar-refractivity contribution in [2.45, 2.75) is 20.0 Å². The molecule has 3 rings (SSSR count). The van der Waals surface area contributed by atoms with E-state index in [2.05, 4.69) is 6.58 Å². The molecule has 1 aromatic heterocycles. The number of rotatable bonds is 1. The maximum Gasteiger partial charge on any atom is 0.257 e. The molecule has 1 aliphatic heterocycles. The molecule has 0 bridgehead atoms. The van der Waals surface area contributed by atoms with Crippen LogP contribution in [0.2, 0.25) is 0 Å². The summed E-state index contributed by atoms with van der Waals surface area (Å²) in [5.41, 5.74) is 4.49. The number of hydrogen-bond donors (Lipinski definition) is 0. The predicted octanol–water partition coefficient (Wildman–Crippen LogP) is 2.85. The lowest BCUT2D eigenvalue weighted by molar-refractivity contribution is 0.299. The van der Waals surface area contributed by atoms with Crippen molar-refractivity contribution in [3.05, 3.63) is 63.6 Å². The molecule has 0 N–H and O–H groups in total. The first kappa shape index (κ1) is 14.4. The Balaban J connectivity index is 2.11. The van der Waals surface area contributed by atoms with Gasteiger partial charge in [-0.3, -0.25) is 4.79 Å². The Labute approximate surface area is 129 Å². The van der Waals surface area contributed by atoms with Gasteiger partial charge in [0.05, 0.1) is 12.7 Å². The Hall–Kier alpha value is -2.49. The SMILES string of the molecule is C=C1Cc2c(cc(C)n(C)c2=O)OCc2cc(OC)ccc21. The first-order chi connectivity index (χ1) is 10.5. The maximum absolute atomic E-state index is 12.5. The lowest BCUT2D eigenvalue weighted by Crippen LogP contribution is -2.25. The molecule has 22 heavy (non-hydrogen) atoms. The molecule has 0 saturated heterocycles. The van der Waals surface area contributed by atoms with Gasteiger partial charge in [-0.15, -0.1) is 0 Å². The third-order valence-corrected chi connectivity index (χ3v) is 4.20. The van der Waals surface area contributed by atoms with Gasteiger partial charge in [0, 0.05) is 24.7 Å². The highest BCUT2D eigenvalue weighted by Gasteiger charge is 2.19. The molecule has 0 amide bonds. The van der Waals surface area contributed by atoms with Gasteiger partial charge in [-0.25, -0.2) is 0 Å². The molecule has 2 heterocycles. The third kappa shape index (κ3) is 2.30. The zero-order valence-corrected chi connectivity index (χ0v) is 13.1. The van der Waals surface area contributed by atoms with Gasteiger partial charge in [0.1, 0.15) is 18.1 Å². The molecule has 0 fully saturated rings. The normalized spacial score (nSPS) is 13.5. The molecule has 0 atom stereocenters. The second kappa shape index (κ2) is 5.37. The largest absolute Gasteiger partial charge is 0.497 e. The van der Waals surface area contributed by atoms with Crippen LogP contribution in [0.5, 0.6) is 11.5 Å². The summed E-state index contributed by atoms with van der Waals surface area (Å²) < 4.78 is 12.8. The fourth-order valence-electron chi connectivity index (χ4n) is 2.76. The zero-order valence-electron chi connectivity index (χ0n) is 13.1. The summed E-state index contributed by atoms with van der Waals surface area (Å²) >= 11 is 0. The van der Waals surface area contributed by atoms with E-state index < -0.39 is 0 Å². The predicted molar refractivity (Wildman–Crippen MR) is 86.5 cm³/mol. The van der Waals surface area contributed by atoms with E-state index in [9.17, 15) is 4.79 Å². The van der Waals surface area contributed by atoms with Gasteiger partial charge in [0.2, 0.25) is 0 Å². The number of aromatic nitrogens is 1. The van der Waals surface area contributed by atoms with E-state index in [0.717, 1.165) is 28.1 Å². The number of hydrogen-bond acceptors (Lipinski definition) is 3. The number of methoxy groups -OCH3 is 1. The molecule has 0 spiro atoms. The van der Waals surface area contributed by atoms with E-state index in [4.69, 9.17) is 9.47 Å². The van der Waals surface area contributed by atoms with Crippen LogP contribution in [0.1, 0.15) is 22.4 Å². The molecule has 0 aliphatic carbocycles. The second-order valence-corrected chi connectivity index (χ2v) is 5.58. The minimum absolute atomic E-state index is 0.0203. The summed E-state index contributed by atoms with van der Waals surface area (Å²) in [6, 6.07) is 7.75. The van der Waals surface area contributed by atoms with Crippen molar-refractivity contribution in [3.8, 4) is 11.5 Å². The molecule has 4 heteroatoms. The Morgan fingerprint density at radius 3 is 2.82 bits per heavy atom. The Morgan fingerprint density at radius 1 is 1.32 bits per heavy atom. The number of ether oxygens (including phenoxy) is 2. The van der Waals surface area contributed by atoms with Crippen molar-refractivity contribution in [2.24, 2.45) is 7.05 Å². The summed E-state index contributed by atoms with van der Waals surface area (Å²) in [5.74, 6) is 1.44. The summed E-state index contributed by atoms with van der Waals surface area (Å²) in [4.78, 5) is 12.5. The molecule has 0 saturated carbocycles. The number of benzene rings is 1. The number of nitrogens with zero attached hydrogens (tertiary/aromatic N) is 1. The Kier molecular flexibility index (Phi) is 3.53. The van der Waals surface area contributed by atoms with Crippen LogP contribution in [-0.2, 0) is 20.1 Å². The fourth-order valence-corrected chi connectivity index (χ4v) is 2.76. The van der Waals surface area contributed by atoms with E-state index >= 15 is 0 Å². The number of pyridine rings is 1. The van der Waals surface area contributed by atoms with Crippen molar-refractivity contribution in [1.82, 2.24) is 4.57 Å². The van der Waals surface area contributed by atoms with Gasteiger partial charge >= 0.3 is 0 Å². The summed E-state index contributed by atoms with van der Waals surface area (Å²) in [6.45, 7) is 6.45. The second-order valence-electron chi connectivity index (χ2n) is 5.58. The summed E-state index contributed by atoms with van der Waals surface area (Å²) in [5, 5.41) is 0. The molecule has 2 aromatic rings. The lowest BCUT2D eigenvalue weighted by atomic mass is 9.94. The summed E-state index contributed by atoms with van der Waals surface area (Å²) in [6.07, 6.45) is 0.488. The molecule has 114 valence electrons. The van der Waals surface area contributed by atoms with Crippen LogP contribution < -0.4 is 15.0 Å². The van der Waals surface area contributed by atoms with Crippen molar-refractivity contribution < 1.29 is 9.47 Å². The molecule has 1 aliphatic rings. The smallest absolute Gasteiger partial charge is 0.257 e. The quantitative estimate of drug-likeness (QED) is 0.812. The zero-order chi connectivity index (χ0) is 15.9. The highest BCUT2D eigenvalue weighted by molar-refractivity contribution is 5.70. The van der Waals surface area contributed by atoms with E-state index in [1.807, 2.05) is 31.2 Å². The van der Waals surface area contributed by atoms with Gasteiger partial charge in [-0.2, -0.15) is 0 Å². The van der Waals surface area contributed by atoms with Gasteiger partial charge in [-0.05, 0) is 36.3 Å². The van der Waals surface area contributed by atoms with Crippen LogP contribution in [0, 0.1) is 6.92 Å². The van der Waals surface area contributed by atoms with E-state index in [0.29, 0.717) is 24.3 Å². The first-order valence-electron chi connectivity index (χ1n) is 7.18. The molecule has 1 aromatic carbocycles. The van der Waals surface area contributed by atoms with Crippen LogP contribution in [0.4, 0.5) is 0 Å². The molecule has 4 nitrogen and oxygen atoms in total. The standard InChI is InChI=1S/C18H19NO3/c1-11-7-16-17(8-12(2)19(3)18(16)20)22-10-13-9-14(21-4)5-6-15(11)13/h5-6,8-9H,1,7,10H2,2-4H3. The number of fused-ring (bicyclic) bond motifs is 2. The number of aryl methyl sites for hydroxylation is 1. The highest BCUT2D eigenvalue weighted by Crippen LogP contribution is 2.31. The molecule has 0 unspecified atom stereocenters. The van der Waals surface area contributed by atoms with Crippen molar-refractivity contribution in [1.29, 1.82) is 0 Å². The monoisotopic (exact) mass is 297 g/mol. The molecule has 0 radical (unpaired) electrons. The van der Waals surface area contributed by atoms with Crippen LogP contribution in [0.15, 0.2) is 35.6 Å². The average Bonchev–Trinajstić information content (AvgIpc) is 2.52. The van der Waals surface area contributed by atoms with Gasteiger partial charge in [0.15, 0.2) is 0 Å². The van der Waals surface area contributed by atoms with Crippen LogP contribution in [0.25, 0.3) is 5.57 Å². The fraction of sp³-hybridized carbons (Fsp3) is 0.278. The Morgan fingerprint density at radius 2 is 2.09 bits per heavy atom. The molecular formula is C18H19NO3. The minimum Gasteiger partial charge on any atom is -0.497 e. The Bertz CT molecular complexity index is 818. The molecular weight excluding hydrogens is 278 g/mol. The lowest BCUT2D eigenvalue weighted by Gasteiger charge is -2.21. The van der Waals surface area contributed by atoms with Gasteiger partial charge in [-0.1, -0.05) is 12.6 Å². The van der Waals surface area contributed by atoms with Crippen molar-refractivity contribution >= 4 is 5.57 Å². The maximum atomic E-state index is 12.5. The van der Waals surface area contributed by atoms with Crippen molar-refractivity contribution in [3.63, 3.8) is 0 Å². The van der Waals surface area contributed by atoms with Gasteiger partial charge < -0.3 is 14.0 Å².